The molecular weight excluding hydrogens is 325 g/mol. The van der Waals surface area contributed by atoms with Crippen molar-refractivity contribution in [2.75, 3.05) is 7.05 Å². The molecule has 22 heavy (non-hydrogen) atoms. The highest BCUT2D eigenvalue weighted by Gasteiger charge is 2.18. The van der Waals surface area contributed by atoms with E-state index in [-0.39, 0.29) is 22.9 Å². The summed E-state index contributed by atoms with van der Waals surface area (Å²) in [4.78, 5) is 20.0. The van der Waals surface area contributed by atoms with Crippen molar-refractivity contribution in [1.29, 1.82) is 0 Å². The third kappa shape index (κ3) is 4.94. The Morgan fingerprint density at radius 1 is 1.32 bits per heavy atom. The lowest BCUT2D eigenvalue weighted by atomic mass is 10.1. The lowest BCUT2D eigenvalue weighted by Gasteiger charge is -2.15. The number of likely N-dealkylation sites (N-methyl/N-ethyl adjacent to an activating group) is 1. The fraction of sp³-hybridized carbons (Fsp3) is 0.267. The van der Waals surface area contributed by atoms with E-state index >= 15 is 0 Å². The minimum atomic E-state index is -0.447. The molecule has 2 rings (SSSR count). The normalized spacial score (nSPS) is 12.0. The van der Waals surface area contributed by atoms with Gasteiger partial charge < -0.3 is 10.1 Å². The topological polar surface area (TPSA) is 64.1 Å². The van der Waals surface area contributed by atoms with Gasteiger partial charge in [0.2, 0.25) is 0 Å². The highest BCUT2D eigenvalue weighted by atomic mass is 35.5. The van der Waals surface area contributed by atoms with Crippen molar-refractivity contribution in [2.45, 2.75) is 19.1 Å². The molecule has 0 spiro atoms. The molecule has 0 saturated heterocycles. The Hall–Kier alpha value is -1.69. The van der Waals surface area contributed by atoms with Crippen LogP contribution >= 0.6 is 23.2 Å². The Bertz CT molecular complexity index is 618. The minimum absolute atomic E-state index is 0.0893. The molecule has 1 atom stereocenters. The molecule has 5 nitrogen and oxygen atoms in total. The summed E-state index contributed by atoms with van der Waals surface area (Å²) in [5.74, 6) is -0.351. The first kappa shape index (κ1) is 16.7. The van der Waals surface area contributed by atoms with Gasteiger partial charge in [-0.05, 0) is 42.8 Å². The van der Waals surface area contributed by atoms with Crippen molar-refractivity contribution >= 4 is 29.2 Å². The zero-order chi connectivity index (χ0) is 15.9. The van der Waals surface area contributed by atoms with Gasteiger partial charge in [-0.25, -0.2) is 4.98 Å². The predicted octanol–water partition coefficient (Wildman–Crippen LogP) is 2.66. The Labute approximate surface area is 138 Å². The molecule has 0 aliphatic rings. The molecule has 0 aliphatic heterocycles. The number of aromatic nitrogens is 2. The van der Waals surface area contributed by atoms with E-state index in [1.54, 1.807) is 31.6 Å². The van der Waals surface area contributed by atoms with Crippen LogP contribution in [0.1, 0.15) is 11.1 Å². The van der Waals surface area contributed by atoms with Crippen LogP contribution < -0.4 is 5.32 Å². The van der Waals surface area contributed by atoms with Crippen molar-refractivity contribution in [3.05, 3.63) is 58.1 Å². The van der Waals surface area contributed by atoms with E-state index in [9.17, 15) is 4.79 Å². The van der Waals surface area contributed by atoms with Crippen molar-refractivity contribution in [3.8, 4) is 0 Å². The van der Waals surface area contributed by atoms with Gasteiger partial charge in [0.1, 0.15) is 23.0 Å². The molecule has 0 saturated carbocycles. The van der Waals surface area contributed by atoms with E-state index in [0.717, 1.165) is 5.56 Å². The lowest BCUT2D eigenvalue weighted by molar-refractivity contribution is -0.147. The number of nitrogens with zero attached hydrogens (tertiary/aromatic N) is 2. The van der Waals surface area contributed by atoms with Gasteiger partial charge in [0.25, 0.3) is 0 Å². The third-order valence-corrected chi connectivity index (χ3v) is 3.39. The van der Waals surface area contributed by atoms with Gasteiger partial charge in [0, 0.05) is 12.4 Å². The SMILES string of the molecule is CN[C@@H](Cc1cccnc1)C(=O)OCc1cc(Cl)nc(Cl)c1. The molecule has 0 bridgehead atoms. The van der Waals surface area contributed by atoms with E-state index in [2.05, 4.69) is 15.3 Å². The fourth-order valence-corrected chi connectivity index (χ4v) is 2.42. The largest absolute Gasteiger partial charge is 0.460 e. The average Bonchev–Trinajstić information content (AvgIpc) is 2.50. The standard InChI is InChI=1S/C15H15Cl2N3O2/c1-18-12(5-10-3-2-4-19-8-10)15(21)22-9-11-6-13(16)20-14(17)7-11/h2-4,6-8,12,18H,5,9H2,1H3/t12-/m0/s1. The van der Waals surface area contributed by atoms with Crippen LogP contribution in [0.4, 0.5) is 0 Å². The van der Waals surface area contributed by atoms with E-state index in [0.29, 0.717) is 12.0 Å². The van der Waals surface area contributed by atoms with Crippen LogP contribution in [0.25, 0.3) is 0 Å². The molecule has 2 aromatic rings. The lowest BCUT2D eigenvalue weighted by Crippen LogP contribution is -2.37. The number of esters is 1. The first-order valence-electron chi connectivity index (χ1n) is 6.63. The summed E-state index contributed by atoms with van der Waals surface area (Å²) in [7, 11) is 1.71. The maximum Gasteiger partial charge on any atom is 0.323 e. The minimum Gasteiger partial charge on any atom is -0.460 e. The summed E-state index contributed by atoms with van der Waals surface area (Å²) >= 11 is 11.6. The summed E-state index contributed by atoms with van der Waals surface area (Å²) in [6.45, 7) is 0.0893. The van der Waals surface area contributed by atoms with Crippen LogP contribution in [0.2, 0.25) is 10.3 Å². The number of nitrogens with one attached hydrogen (secondary N) is 1. The monoisotopic (exact) mass is 339 g/mol. The van der Waals surface area contributed by atoms with Crippen LogP contribution in [0.3, 0.4) is 0 Å². The van der Waals surface area contributed by atoms with Gasteiger partial charge >= 0.3 is 5.97 Å². The van der Waals surface area contributed by atoms with E-state index in [4.69, 9.17) is 27.9 Å². The van der Waals surface area contributed by atoms with Gasteiger partial charge in [0.05, 0.1) is 0 Å². The Morgan fingerprint density at radius 3 is 2.64 bits per heavy atom. The zero-order valence-electron chi connectivity index (χ0n) is 11.9. The summed E-state index contributed by atoms with van der Waals surface area (Å²) in [6.07, 6.45) is 3.91. The number of ether oxygens (including phenoxy) is 1. The first-order chi connectivity index (χ1) is 10.6. The van der Waals surface area contributed by atoms with Crippen LogP contribution in [0.5, 0.6) is 0 Å². The smallest absolute Gasteiger partial charge is 0.323 e. The fourth-order valence-electron chi connectivity index (χ4n) is 1.91. The first-order valence-corrected chi connectivity index (χ1v) is 7.39. The Morgan fingerprint density at radius 2 is 2.05 bits per heavy atom. The summed E-state index contributed by atoms with van der Waals surface area (Å²) in [5, 5.41) is 3.47. The van der Waals surface area contributed by atoms with Crippen LogP contribution in [0.15, 0.2) is 36.7 Å². The Kier molecular flexibility index (Phi) is 6.12. The van der Waals surface area contributed by atoms with E-state index < -0.39 is 6.04 Å². The number of rotatable bonds is 6. The second-order valence-corrected chi connectivity index (χ2v) is 5.41. The summed E-state index contributed by atoms with van der Waals surface area (Å²) < 4.78 is 5.30. The molecule has 0 unspecified atom stereocenters. The van der Waals surface area contributed by atoms with Gasteiger partial charge in [-0.15, -0.1) is 0 Å². The molecule has 0 radical (unpaired) electrons. The number of halogens is 2. The van der Waals surface area contributed by atoms with Crippen molar-refractivity contribution in [1.82, 2.24) is 15.3 Å². The average molecular weight is 340 g/mol. The Balaban J connectivity index is 1.94. The van der Waals surface area contributed by atoms with Gasteiger partial charge in [-0.2, -0.15) is 0 Å². The number of pyridine rings is 2. The van der Waals surface area contributed by atoms with Gasteiger partial charge in [-0.3, -0.25) is 9.78 Å². The van der Waals surface area contributed by atoms with Crippen molar-refractivity contribution in [3.63, 3.8) is 0 Å². The third-order valence-electron chi connectivity index (χ3n) is 3.00. The second-order valence-electron chi connectivity index (χ2n) is 4.64. The van der Waals surface area contributed by atoms with Crippen molar-refractivity contribution in [2.24, 2.45) is 0 Å². The number of hydrogen-bond acceptors (Lipinski definition) is 5. The van der Waals surface area contributed by atoms with Crippen LogP contribution in [-0.4, -0.2) is 29.0 Å². The van der Waals surface area contributed by atoms with E-state index in [1.165, 1.54) is 0 Å². The van der Waals surface area contributed by atoms with Gasteiger partial charge in [0.15, 0.2) is 0 Å². The quantitative estimate of drug-likeness (QED) is 0.647. The van der Waals surface area contributed by atoms with E-state index in [1.807, 2.05) is 12.1 Å². The zero-order valence-corrected chi connectivity index (χ0v) is 13.4. The molecule has 2 aromatic heterocycles. The number of carbonyl (C=O) groups excluding carboxylic acids is 1. The molecule has 0 amide bonds. The molecule has 1 N–H and O–H groups in total. The van der Waals surface area contributed by atoms with Crippen LogP contribution in [0, 0.1) is 0 Å². The summed E-state index contributed by atoms with van der Waals surface area (Å²) in [6, 6.07) is 6.50. The molecule has 0 fully saturated rings. The highest BCUT2D eigenvalue weighted by molar-refractivity contribution is 6.32. The highest BCUT2D eigenvalue weighted by Crippen LogP contribution is 2.15. The summed E-state index contributed by atoms with van der Waals surface area (Å²) in [5.41, 5.74) is 1.64. The molecular formula is C15H15Cl2N3O2. The maximum absolute atomic E-state index is 12.1. The molecule has 0 aliphatic carbocycles. The van der Waals surface area contributed by atoms with Gasteiger partial charge in [-0.1, -0.05) is 29.3 Å². The number of carbonyl (C=O) groups is 1. The molecule has 7 heteroatoms. The maximum atomic E-state index is 12.1. The molecule has 2 heterocycles. The van der Waals surface area contributed by atoms with Crippen molar-refractivity contribution < 1.29 is 9.53 Å². The predicted molar refractivity (Wildman–Crippen MR) is 84.8 cm³/mol. The molecule has 116 valence electrons. The molecule has 0 aromatic carbocycles. The number of hydrogen-bond donors (Lipinski definition) is 1. The van der Waals surface area contributed by atoms with Crippen LogP contribution in [-0.2, 0) is 22.6 Å². The second kappa shape index (κ2) is 8.08.